The Kier molecular flexibility index (Phi) is 6.39. The molecule has 0 spiro atoms. The third-order valence-electron chi connectivity index (χ3n) is 5.01. The standard InChI is InChI=1S/C21H23ClF3N3O/c1-14-3-6-17(7-4-14)28-10-9-27(12-15(28)2)13-20(29)26-19-11-16(21(23,24)25)5-8-18(19)22/h3-8,11,15H,9-10,12-13H2,1-2H3,(H,26,29). The second-order valence-corrected chi connectivity index (χ2v) is 7.76. The number of benzene rings is 2. The van der Waals surface area contributed by atoms with Crippen LogP contribution in [0.3, 0.4) is 0 Å². The first-order chi connectivity index (χ1) is 13.6. The Hall–Kier alpha value is -2.25. The molecule has 1 aliphatic heterocycles. The lowest BCUT2D eigenvalue weighted by Crippen LogP contribution is -2.53. The number of hydrogen-bond acceptors (Lipinski definition) is 3. The van der Waals surface area contributed by atoms with E-state index < -0.39 is 11.7 Å². The van der Waals surface area contributed by atoms with Crippen molar-refractivity contribution in [1.82, 2.24) is 4.90 Å². The fourth-order valence-electron chi connectivity index (χ4n) is 3.49. The molecule has 1 atom stereocenters. The van der Waals surface area contributed by atoms with E-state index in [0.717, 1.165) is 30.4 Å². The van der Waals surface area contributed by atoms with Crippen molar-refractivity contribution in [3.05, 3.63) is 58.6 Å². The minimum absolute atomic E-state index is 0.0298. The van der Waals surface area contributed by atoms with Gasteiger partial charge in [-0.3, -0.25) is 9.69 Å². The van der Waals surface area contributed by atoms with Crippen LogP contribution in [-0.2, 0) is 11.0 Å². The van der Waals surface area contributed by atoms with Gasteiger partial charge >= 0.3 is 6.18 Å². The van der Waals surface area contributed by atoms with Crippen LogP contribution >= 0.6 is 11.6 Å². The van der Waals surface area contributed by atoms with Crippen LogP contribution in [0, 0.1) is 6.92 Å². The van der Waals surface area contributed by atoms with E-state index in [1.54, 1.807) is 0 Å². The molecule has 29 heavy (non-hydrogen) atoms. The first-order valence-corrected chi connectivity index (χ1v) is 9.73. The van der Waals surface area contributed by atoms with E-state index in [1.165, 1.54) is 5.56 Å². The molecule has 1 fully saturated rings. The molecule has 1 saturated heterocycles. The number of amides is 1. The van der Waals surface area contributed by atoms with Gasteiger partial charge < -0.3 is 10.2 Å². The molecule has 2 aromatic carbocycles. The quantitative estimate of drug-likeness (QED) is 0.763. The summed E-state index contributed by atoms with van der Waals surface area (Å²) in [5.41, 5.74) is 1.46. The van der Waals surface area contributed by atoms with E-state index in [0.29, 0.717) is 13.1 Å². The Labute approximate surface area is 173 Å². The number of rotatable bonds is 4. The zero-order valence-corrected chi connectivity index (χ0v) is 17.0. The van der Waals surface area contributed by atoms with Gasteiger partial charge in [-0.05, 0) is 44.2 Å². The molecule has 0 saturated carbocycles. The lowest BCUT2D eigenvalue weighted by atomic mass is 10.1. The molecule has 1 unspecified atom stereocenters. The number of hydrogen-bond donors (Lipinski definition) is 1. The average Bonchev–Trinajstić information content (AvgIpc) is 2.64. The highest BCUT2D eigenvalue weighted by Gasteiger charge is 2.31. The van der Waals surface area contributed by atoms with Gasteiger partial charge in [0.1, 0.15) is 0 Å². The van der Waals surface area contributed by atoms with Crippen LogP contribution < -0.4 is 10.2 Å². The minimum Gasteiger partial charge on any atom is -0.366 e. The normalized spacial score (nSPS) is 18.0. The molecule has 1 heterocycles. The maximum absolute atomic E-state index is 12.9. The molecule has 2 aromatic rings. The van der Waals surface area contributed by atoms with Crippen molar-refractivity contribution >= 4 is 28.9 Å². The first kappa shape index (κ1) is 21.5. The topological polar surface area (TPSA) is 35.6 Å². The monoisotopic (exact) mass is 425 g/mol. The molecular formula is C21H23ClF3N3O. The van der Waals surface area contributed by atoms with Gasteiger partial charge in [-0.15, -0.1) is 0 Å². The summed E-state index contributed by atoms with van der Waals surface area (Å²) in [6, 6.07) is 11.4. The fourth-order valence-corrected chi connectivity index (χ4v) is 3.65. The molecule has 0 radical (unpaired) electrons. The molecule has 3 rings (SSSR count). The van der Waals surface area contributed by atoms with Crippen molar-refractivity contribution in [2.45, 2.75) is 26.1 Å². The summed E-state index contributed by atoms with van der Waals surface area (Å²) in [6.07, 6.45) is -4.49. The van der Waals surface area contributed by atoms with E-state index >= 15 is 0 Å². The Morgan fingerprint density at radius 2 is 1.86 bits per heavy atom. The predicted molar refractivity (Wildman–Crippen MR) is 110 cm³/mol. The van der Waals surface area contributed by atoms with Gasteiger partial charge in [0.05, 0.1) is 22.8 Å². The number of anilines is 2. The number of aryl methyl sites for hydroxylation is 1. The van der Waals surface area contributed by atoms with Crippen LogP contribution in [0.15, 0.2) is 42.5 Å². The number of piperazine rings is 1. The summed E-state index contributed by atoms with van der Waals surface area (Å²) in [5.74, 6) is -0.387. The van der Waals surface area contributed by atoms with Gasteiger partial charge in [0.2, 0.25) is 5.91 Å². The van der Waals surface area contributed by atoms with Crippen LogP contribution in [0.4, 0.5) is 24.5 Å². The van der Waals surface area contributed by atoms with Crippen molar-refractivity contribution in [3.8, 4) is 0 Å². The first-order valence-electron chi connectivity index (χ1n) is 9.36. The Bertz CT molecular complexity index is 870. The molecular weight excluding hydrogens is 403 g/mol. The predicted octanol–water partition coefficient (Wildman–Crippen LogP) is 4.82. The number of nitrogens with one attached hydrogen (secondary N) is 1. The van der Waals surface area contributed by atoms with Gasteiger partial charge in [0, 0.05) is 31.4 Å². The minimum atomic E-state index is -4.49. The van der Waals surface area contributed by atoms with Crippen LogP contribution in [0.5, 0.6) is 0 Å². The number of nitrogens with zero attached hydrogens (tertiary/aromatic N) is 2. The van der Waals surface area contributed by atoms with E-state index in [-0.39, 0.29) is 29.2 Å². The lowest BCUT2D eigenvalue weighted by molar-refractivity contribution is -0.137. The smallest absolute Gasteiger partial charge is 0.366 e. The van der Waals surface area contributed by atoms with Gasteiger partial charge in [-0.1, -0.05) is 29.3 Å². The van der Waals surface area contributed by atoms with Crippen molar-refractivity contribution in [2.24, 2.45) is 0 Å². The Balaban J connectivity index is 1.59. The molecule has 0 bridgehead atoms. The third kappa shape index (κ3) is 5.42. The summed E-state index contributed by atoms with van der Waals surface area (Å²) < 4.78 is 38.6. The SMILES string of the molecule is Cc1ccc(N2CCN(CC(=O)Nc3cc(C(F)(F)F)ccc3Cl)CC2C)cc1. The average molecular weight is 426 g/mol. The molecule has 1 amide bonds. The largest absolute Gasteiger partial charge is 0.416 e. The van der Waals surface area contributed by atoms with Crippen LogP contribution in [0.25, 0.3) is 0 Å². The van der Waals surface area contributed by atoms with Gasteiger partial charge in [-0.25, -0.2) is 0 Å². The van der Waals surface area contributed by atoms with E-state index in [4.69, 9.17) is 11.6 Å². The van der Waals surface area contributed by atoms with Crippen LogP contribution in [0.1, 0.15) is 18.1 Å². The molecule has 8 heteroatoms. The van der Waals surface area contributed by atoms with E-state index in [1.807, 2.05) is 11.8 Å². The molecule has 0 aliphatic carbocycles. The second-order valence-electron chi connectivity index (χ2n) is 7.35. The van der Waals surface area contributed by atoms with Crippen LogP contribution in [-0.4, -0.2) is 43.0 Å². The van der Waals surface area contributed by atoms with Crippen molar-refractivity contribution in [3.63, 3.8) is 0 Å². The zero-order chi connectivity index (χ0) is 21.2. The van der Waals surface area contributed by atoms with Gasteiger partial charge in [0.25, 0.3) is 0 Å². The van der Waals surface area contributed by atoms with Gasteiger partial charge in [0.15, 0.2) is 0 Å². The summed E-state index contributed by atoms with van der Waals surface area (Å²) in [6.45, 7) is 6.36. The summed E-state index contributed by atoms with van der Waals surface area (Å²) >= 11 is 5.95. The van der Waals surface area contributed by atoms with Crippen LogP contribution in [0.2, 0.25) is 5.02 Å². The summed E-state index contributed by atoms with van der Waals surface area (Å²) in [7, 11) is 0. The van der Waals surface area contributed by atoms with Crippen molar-refractivity contribution < 1.29 is 18.0 Å². The number of carbonyl (C=O) groups excluding carboxylic acids is 1. The maximum Gasteiger partial charge on any atom is 0.416 e. The molecule has 0 aromatic heterocycles. The molecule has 1 N–H and O–H groups in total. The Morgan fingerprint density at radius 3 is 2.48 bits per heavy atom. The molecule has 1 aliphatic rings. The van der Waals surface area contributed by atoms with E-state index in [9.17, 15) is 18.0 Å². The Morgan fingerprint density at radius 1 is 1.17 bits per heavy atom. The highest BCUT2D eigenvalue weighted by atomic mass is 35.5. The zero-order valence-electron chi connectivity index (χ0n) is 16.3. The number of carbonyl (C=O) groups is 1. The van der Waals surface area contributed by atoms with E-state index in [2.05, 4.69) is 41.4 Å². The third-order valence-corrected chi connectivity index (χ3v) is 5.34. The highest BCUT2D eigenvalue weighted by molar-refractivity contribution is 6.33. The number of alkyl halides is 3. The number of halogens is 4. The van der Waals surface area contributed by atoms with Crippen molar-refractivity contribution in [1.29, 1.82) is 0 Å². The summed E-state index contributed by atoms with van der Waals surface area (Å²) in [4.78, 5) is 16.7. The second kappa shape index (κ2) is 8.63. The summed E-state index contributed by atoms with van der Waals surface area (Å²) in [5, 5.41) is 2.58. The van der Waals surface area contributed by atoms with Gasteiger partial charge in [-0.2, -0.15) is 13.2 Å². The highest BCUT2D eigenvalue weighted by Crippen LogP contribution is 2.33. The molecule has 156 valence electrons. The molecule has 4 nitrogen and oxygen atoms in total. The fraction of sp³-hybridized carbons (Fsp3) is 0.381. The van der Waals surface area contributed by atoms with Crippen molar-refractivity contribution in [2.75, 3.05) is 36.4 Å². The lowest BCUT2D eigenvalue weighted by Gasteiger charge is -2.41. The maximum atomic E-state index is 12.9.